The quantitative estimate of drug-likeness (QED) is 0.166. The number of amides is 4. The highest BCUT2D eigenvalue weighted by Crippen LogP contribution is 2.27. The van der Waals surface area contributed by atoms with Crippen LogP contribution in [0.1, 0.15) is 38.7 Å². The number of carbonyl (C=O) groups is 5. The average molecular weight is 609 g/mol. The maximum Gasteiger partial charge on any atom is 0.313 e. The first-order chi connectivity index (χ1) is 20.3. The average Bonchev–Trinajstić information content (AvgIpc) is 3.35. The number of hydrogen-bond donors (Lipinski definition) is 4. The van der Waals surface area contributed by atoms with Crippen LogP contribution in [0.3, 0.4) is 0 Å². The lowest BCUT2D eigenvalue weighted by Gasteiger charge is -2.25. The van der Waals surface area contributed by atoms with Crippen molar-refractivity contribution in [2.75, 3.05) is 18.5 Å². The summed E-state index contributed by atoms with van der Waals surface area (Å²) in [7, 11) is 0. The van der Waals surface area contributed by atoms with Gasteiger partial charge in [-0.05, 0) is 43.7 Å². The monoisotopic (exact) mass is 608 g/mol. The zero-order valence-electron chi connectivity index (χ0n) is 23.7. The summed E-state index contributed by atoms with van der Waals surface area (Å²) in [6, 6.07) is 3.94. The van der Waals surface area contributed by atoms with E-state index < -0.39 is 83.0 Å². The second-order valence-corrected chi connectivity index (χ2v) is 10.6. The van der Waals surface area contributed by atoms with E-state index in [9.17, 15) is 41.5 Å². The zero-order chi connectivity index (χ0) is 31.8. The zero-order valence-corrected chi connectivity index (χ0v) is 23.7. The first kappa shape index (κ1) is 33.0. The van der Waals surface area contributed by atoms with E-state index in [0.29, 0.717) is 24.2 Å². The van der Waals surface area contributed by atoms with Gasteiger partial charge in [0.2, 0.25) is 23.4 Å². The van der Waals surface area contributed by atoms with Crippen LogP contribution in [0, 0.1) is 42.0 Å². The molecule has 10 nitrogen and oxygen atoms in total. The molecule has 232 valence electrons. The summed E-state index contributed by atoms with van der Waals surface area (Å²) in [6.07, 6.45) is 0.136. The van der Waals surface area contributed by atoms with Crippen LogP contribution in [-0.2, 0) is 24.0 Å². The molecule has 0 spiro atoms. The van der Waals surface area contributed by atoms with Crippen molar-refractivity contribution in [3.8, 4) is 5.75 Å². The normalized spacial score (nSPS) is 15.8. The molecule has 0 bridgehead atoms. The number of para-hydroxylation sites is 1. The van der Waals surface area contributed by atoms with Gasteiger partial charge in [0.05, 0.1) is 6.04 Å². The highest BCUT2D eigenvalue weighted by atomic mass is 19.2. The molecule has 0 aliphatic carbocycles. The molecule has 4 N–H and O–H groups in total. The van der Waals surface area contributed by atoms with Crippen molar-refractivity contribution >= 4 is 35.1 Å². The fraction of sp³-hybridized carbons (Fsp3) is 0.414. The predicted octanol–water partition coefficient (Wildman–Crippen LogP) is 2.68. The number of ether oxygens (including phenoxy) is 1. The predicted molar refractivity (Wildman–Crippen MR) is 146 cm³/mol. The number of hydrogen-bond acceptors (Lipinski definition) is 6. The molecule has 14 heteroatoms. The van der Waals surface area contributed by atoms with Crippen LogP contribution in [0.2, 0.25) is 0 Å². The molecule has 4 amide bonds. The second kappa shape index (κ2) is 14.6. The van der Waals surface area contributed by atoms with E-state index >= 15 is 0 Å². The van der Waals surface area contributed by atoms with Gasteiger partial charge < -0.3 is 26.0 Å². The van der Waals surface area contributed by atoms with E-state index in [0.717, 1.165) is 0 Å². The number of aryl methyl sites for hydroxylation is 1. The van der Waals surface area contributed by atoms with Gasteiger partial charge in [-0.2, -0.15) is 8.78 Å². The number of nitrogens with one attached hydrogen (secondary N) is 4. The summed E-state index contributed by atoms with van der Waals surface area (Å²) in [5.41, 5.74) is 1.08. The third-order valence-electron chi connectivity index (χ3n) is 6.75. The fourth-order valence-corrected chi connectivity index (χ4v) is 4.44. The second-order valence-electron chi connectivity index (χ2n) is 10.6. The van der Waals surface area contributed by atoms with Gasteiger partial charge in [-0.3, -0.25) is 24.0 Å². The highest BCUT2D eigenvalue weighted by molar-refractivity contribution is 6.40. The van der Waals surface area contributed by atoms with Crippen molar-refractivity contribution in [2.45, 2.75) is 52.1 Å². The summed E-state index contributed by atoms with van der Waals surface area (Å²) in [5.74, 6) is -13.9. The van der Waals surface area contributed by atoms with E-state index in [1.807, 2.05) is 0 Å². The third-order valence-corrected chi connectivity index (χ3v) is 6.75. The number of halogens is 4. The fourth-order valence-electron chi connectivity index (χ4n) is 4.44. The van der Waals surface area contributed by atoms with Crippen LogP contribution in [0.4, 0.5) is 23.2 Å². The van der Waals surface area contributed by atoms with E-state index in [2.05, 4.69) is 21.3 Å². The van der Waals surface area contributed by atoms with Gasteiger partial charge in [-0.25, -0.2) is 8.78 Å². The smallest absolute Gasteiger partial charge is 0.313 e. The molecule has 1 aliphatic rings. The topological polar surface area (TPSA) is 143 Å². The lowest BCUT2D eigenvalue weighted by Crippen LogP contribution is -2.54. The van der Waals surface area contributed by atoms with Crippen molar-refractivity contribution in [2.24, 2.45) is 11.8 Å². The summed E-state index contributed by atoms with van der Waals surface area (Å²) in [5, 5.41) is 9.82. The minimum atomic E-state index is -1.86. The van der Waals surface area contributed by atoms with Gasteiger partial charge in [-0.15, -0.1) is 0 Å². The molecule has 3 rings (SSSR count). The Morgan fingerprint density at radius 2 is 1.63 bits per heavy atom. The minimum absolute atomic E-state index is 0.0223. The van der Waals surface area contributed by atoms with Crippen LogP contribution in [-0.4, -0.2) is 54.6 Å². The first-order valence-corrected chi connectivity index (χ1v) is 13.5. The van der Waals surface area contributed by atoms with Crippen molar-refractivity contribution < 1.29 is 46.3 Å². The molecule has 43 heavy (non-hydrogen) atoms. The number of anilines is 1. The number of Topliss-reactive ketones (excluding diaryl/α,β-unsaturated/α-hetero) is 1. The van der Waals surface area contributed by atoms with E-state index in [1.165, 1.54) is 0 Å². The van der Waals surface area contributed by atoms with Crippen LogP contribution < -0.4 is 26.0 Å². The van der Waals surface area contributed by atoms with Gasteiger partial charge in [0, 0.05) is 24.2 Å². The van der Waals surface area contributed by atoms with Crippen LogP contribution in [0.5, 0.6) is 5.75 Å². The van der Waals surface area contributed by atoms with Crippen molar-refractivity contribution in [3.63, 3.8) is 0 Å². The van der Waals surface area contributed by atoms with Crippen molar-refractivity contribution in [1.29, 1.82) is 0 Å². The Balaban J connectivity index is 1.76. The van der Waals surface area contributed by atoms with Crippen LogP contribution in [0.25, 0.3) is 0 Å². The Morgan fingerprint density at radius 3 is 2.21 bits per heavy atom. The number of ketones is 1. The highest BCUT2D eigenvalue weighted by Gasteiger charge is 2.34. The maximum absolute atomic E-state index is 14.0. The molecule has 3 atom stereocenters. The van der Waals surface area contributed by atoms with Crippen LogP contribution >= 0.6 is 0 Å². The Labute approximate surface area is 244 Å². The first-order valence-electron chi connectivity index (χ1n) is 13.5. The van der Waals surface area contributed by atoms with Crippen molar-refractivity contribution in [3.05, 3.63) is 59.2 Å². The molecule has 2 aromatic rings. The molecule has 1 aliphatic heterocycles. The molecule has 0 saturated carbocycles. The van der Waals surface area contributed by atoms with E-state index in [-0.39, 0.29) is 24.8 Å². The lowest BCUT2D eigenvalue weighted by atomic mass is 9.95. The Hall–Kier alpha value is -4.49. The van der Waals surface area contributed by atoms with Gasteiger partial charge in [-0.1, -0.05) is 32.0 Å². The molecular formula is C29H32F4N4O6. The summed E-state index contributed by atoms with van der Waals surface area (Å²) < 4.78 is 60.0. The standard InChI is InChI=1S/C29H32F4N4O6/c1-14(2)10-21(37-29(42)28(41)35-19-7-5-4-6-15(19)3)27(40)36-20(11-16-8-9-34-26(16)39)22(38)13-43-25-23(32)17(30)12-18(31)24(25)33/h4-7,12,14,16,20-21H,8-11,13H2,1-3H3,(H,34,39)(H,35,41)(H,36,40)(H,37,42). The molecule has 0 aromatic heterocycles. The number of rotatable bonds is 12. The number of benzene rings is 2. The molecular weight excluding hydrogens is 576 g/mol. The van der Waals surface area contributed by atoms with Gasteiger partial charge in [0.1, 0.15) is 12.6 Å². The lowest BCUT2D eigenvalue weighted by molar-refractivity contribution is -0.138. The minimum Gasteiger partial charge on any atom is -0.479 e. The summed E-state index contributed by atoms with van der Waals surface area (Å²) >= 11 is 0. The van der Waals surface area contributed by atoms with E-state index in [4.69, 9.17) is 4.74 Å². The van der Waals surface area contributed by atoms with Crippen molar-refractivity contribution in [1.82, 2.24) is 16.0 Å². The maximum atomic E-state index is 14.0. The Bertz CT molecular complexity index is 1380. The molecule has 1 saturated heterocycles. The summed E-state index contributed by atoms with van der Waals surface area (Å²) in [4.78, 5) is 63.8. The molecule has 0 radical (unpaired) electrons. The molecule has 3 unspecified atom stereocenters. The van der Waals surface area contributed by atoms with Gasteiger partial charge >= 0.3 is 11.8 Å². The number of carbonyl (C=O) groups excluding carboxylic acids is 5. The van der Waals surface area contributed by atoms with E-state index in [1.54, 1.807) is 45.0 Å². The molecule has 2 aromatic carbocycles. The van der Waals surface area contributed by atoms with Gasteiger partial charge in [0.25, 0.3) is 0 Å². The molecule has 1 heterocycles. The molecule has 1 fully saturated rings. The third kappa shape index (κ3) is 8.75. The Kier molecular flexibility index (Phi) is 11.2. The van der Waals surface area contributed by atoms with Crippen LogP contribution in [0.15, 0.2) is 30.3 Å². The Morgan fingerprint density at radius 1 is 0.977 bits per heavy atom. The van der Waals surface area contributed by atoms with Gasteiger partial charge in [0.15, 0.2) is 23.2 Å². The summed E-state index contributed by atoms with van der Waals surface area (Å²) in [6.45, 7) is 4.42. The SMILES string of the molecule is Cc1ccccc1NC(=O)C(=O)NC(CC(C)C)C(=O)NC(CC1CCNC1=O)C(=O)COc1c(F)c(F)cc(F)c1F. The largest absolute Gasteiger partial charge is 0.479 e.